The number of nitrogens with one attached hydrogen (secondary N) is 1. The minimum absolute atomic E-state index is 0.0275. The lowest BCUT2D eigenvalue weighted by Gasteiger charge is -2.06. The Kier molecular flexibility index (Phi) is 4.85. The number of hydrogen-bond acceptors (Lipinski definition) is 6. The number of hydrogen-bond donors (Lipinski definition) is 1. The molecule has 1 aromatic rings. The lowest BCUT2D eigenvalue weighted by molar-refractivity contribution is -0.384. The molecule has 0 aliphatic rings. The summed E-state index contributed by atoms with van der Waals surface area (Å²) in [4.78, 5) is 13.9. The summed E-state index contributed by atoms with van der Waals surface area (Å²) in [7, 11) is -3.13. The van der Waals surface area contributed by atoms with E-state index in [1.807, 2.05) is 0 Å². The first-order chi connectivity index (χ1) is 8.35. The molecule has 0 saturated carbocycles. The molecule has 0 saturated heterocycles. The van der Waals surface area contributed by atoms with Crippen LogP contribution in [-0.2, 0) is 9.84 Å². The van der Waals surface area contributed by atoms with Gasteiger partial charge in [0.05, 0.1) is 10.7 Å². The zero-order valence-corrected chi connectivity index (χ0v) is 11.2. The molecule has 0 spiro atoms. The van der Waals surface area contributed by atoms with Crippen molar-refractivity contribution in [1.29, 1.82) is 0 Å². The van der Waals surface area contributed by atoms with Crippen LogP contribution in [0.2, 0.25) is 5.15 Å². The van der Waals surface area contributed by atoms with Crippen molar-refractivity contribution < 1.29 is 13.3 Å². The molecule has 0 atom stereocenters. The van der Waals surface area contributed by atoms with Crippen LogP contribution in [0.1, 0.15) is 6.92 Å². The molecule has 9 heteroatoms. The quantitative estimate of drug-likeness (QED) is 0.484. The molecule has 0 aromatic carbocycles. The molecule has 0 amide bonds. The van der Waals surface area contributed by atoms with Crippen molar-refractivity contribution in [3.63, 3.8) is 0 Å². The molecule has 1 heterocycles. The summed E-state index contributed by atoms with van der Waals surface area (Å²) < 4.78 is 22.5. The summed E-state index contributed by atoms with van der Waals surface area (Å²) in [5.41, 5.74) is -0.242. The second-order valence-electron chi connectivity index (χ2n) is 3.42. The monoisotopic (exact) mass is 293 g/mol. The molecule has 1 N–H and O–H groups in total. The van der Waals surface area contributed by atoms with Gasteiger partial charge in [-0.25, -0.2) is 13.4 Å². The van der Waals surface area contributed by atoms with Gasteiger partial charge in [-0.05, 0) is 6.07 Å². The Hall–Kier alpha value is -1.41. The maximum atomic E-state index is 11.3. The van der Waals surface area contributed by atoms with Crippen molar-refractivity contribution in [3.05, 3.63) is 27.4 Å². The molecule has 0 aliphatic heterocycles. The fraction of sp³-hybridized carbons (Fsp3) is 0.444. The maximum absolute atomic E-state index is 11.3. The highest BCUT2D eigenvalue weighted by atomic mass is 35.5. The summed E-state index contributed by atoms with van der Waals surface area (Å²) in [6, 6.07) is 2.51. The maximum Gasteiger partial charge on any atom is 0.311 e. The highest BCUT2D eigenvalue weighted by Crippen LogP contribution is 2.23. The molecule has 0 radical (unpaired) electrons. The van der Waals surface area contributed by atoms with E-state index in [1.165, 1.54) is 19.1 Å². The summed E-state index contributed by atoms with van der Waals surface area (Å²) >= 11 is 5.63. The van der Waals surface area contributed by atoms with Gasteiger partial charge in [0.2, 0.25) is 5.82 Å². The standard InChI is InChI=1S/C9H12ClN3O4S/c1-2-18(16,17)6-5-11-9-7(13(14)15)3-4-8(10)12-9/h3-4H,2,5-6H2,1H3,(H,11,12). The summed E-state index contributed by atoms with van der Waals surface area (Å²) in [6.07, 6.45) is 0. The van der Waals surface area contributed by atoms with Crippen LogP contribution in [0, 0.1) is 10.1 Å². The van der Waals surface area contributed by atoms with Gasteiger partial charge in [0.1, 0.15) is 5.15 Å². The number of rotatable bonds is 6. The molecule has 1 rings (SSSR count). The van der Waals surface area contributed by atoms with E-state index in [0.29, 0.717) is 0 Å². The van der Waals surface area contributed by atoms with Crippen LogP contribution >= 0.6 is 11.6 Å². The number of sulfone groups is 1. The predicted molar refractivity (Wildman–Crippen MR) is 68.7 cm³/mol. The molecule has 0 aliphatic carbocycles. The fourth-order valence-electron chi connectivity index (χ4n) is 1.17. The second kappa shape index (κ2) is 5.96. The van der Waals surface area contributed by atoms with E-state index in [2.05, 4.69) is 10.3 Å². The Balaban J connectivity index is 2.78. The van der Waals surface area contributed by atoms with Crippen LogP contribution in [0.4, 0.5) is 11.5 Å². The van der Waals surface area contributed by atoms with Crippen LogP contribution in [0.25, 0.3) is 0 Å². The number of halogens is 1. The van der Waals surface area contributed by atoms with E-state index in [4.69, 9.17) is 11.6 Å². The highest BCUT2D eigenvalue weighted by Gasteiger charge is 2.16. The third-order valence-corrected chi connectivity index (χ3v) is 4.10. The van der Waals surface area contributed by atoms with E-state index < -0.39 is 14.8 Å². The summed E-state index contributed by atoms with van der Waals surface area (Å²) in [6.45, 7) is 1.58. The Bertz CT molecular complexity index is 547. The molecule has 0 fully saturated rings. The van der Waals surface area contributed by atoms with Crippen LogP contribution < -0.4 is 5.32 Å². The number of nitro groups is 1. The Morgan fingerprint density at radius 1 is 1.50 bits per heavy atom. The SMILES string of the molecule is CCS(=O)(=O)CCNc1nc(Cl)ccc1[N+](=O)[O-]. The van der Waals surface area contributed by atoms with Gasteiger partial charge in [0, 0.05) is 18.4 Å². The third-order valence-electron chi connectivity index (χ3n) is 2.18. The average Bonchev–Trinajstić information content (AvgIpc) is 2.28. The van der Waals surface area contributed by atoms with Crippen molar-refractivity contribution in [2.24, 2.45) is 0 Å². The topological polar surface area (TPSA) is 102 Å². The van der Waals surface area contributed by atoms with Crippen LogP contribution in [0.5, 0.6) is 0 Å². The van der Waals surface area contributed by atoms with Gasteiger partial charge in [0.25, 0.3) is 0 Å². The molecule has 0 unspecified atom stereocenters. The predicted octanol–water partition coefficient (Wildman–Crippen LogP) is 1.49. The summed E-state index contributed by atoms with van der Waals surface area (Å²) in [5.74, 6) is -0.118. The van der Waals surface area contributed by atoms with E-state index in [-0.39, 0.29) is 34.7 Å². The minimum atomic E-state index is -3.13. The summed E-state index contributed by atoms with van der Waals surface area (Å²) in [5, 5.41) is 13.4. The lowest BCUT2D eigenvalue weighted by Crippen LogP contribution is -2.18. The average molecular weight is 294 g/mol. The molecule has 1 aromatic heterocycles. The van der Waals surface area contributed by atoms with Crippen molar-refractivity contribution in [3.8, 4) is 0 Å². The smallest absolute Gasteiger partial charge is 0.311 e. The number of anilines is 1. The Labute approximate surface area is 109 Å². The van der Waals surface area contributed by atoms with Gasteiger partial charge in [-0.2, -0.15) is 0 Å². The minimum Gasteiger partial charge on any atom is -0.363 e. The Morgan fingerprint density at radius 2 is 2.17 bits per heavy atom. The zero-order valence-electron chi connectivity index (χ0n) is 9.59. The first-order valence-electron chi connectivity index (χ1n) is 5.11. The molecule has 100 valence electrons. The second-order valence-corrected chi connectivity index (χ2v) is 6.28. The van der Waals surface area contributed by atoms with Gasteiger partial charge in [0.15, 0.2) is 9.84 Å². The zero-order chi connectivity index (χ0) is 13.8. The van der Waals surface area contributed by atoms with Gasteiger partial charge < -0.3 is 5.32 Å². The van der Waals surface area contributed by atoms with Crippen LogP contribution in [0.3, 0.4) is 0 Å². The molecule has 7 nitrogen and oxygen atoms in total. The van der Waals surface area contributed by atoms with Crippen LogP contribution in [-0.4, -0.2) is 36.4 Å². The molecular formula is C9H12ClN3O4S. The van der Waals surface area contributed by atoms with E-state index >= 15 is 0 Å². The molecule has 18 heavy (non-hydrogen) atoms. The fourth-order valence-corrected chi connectivity index (χ4v) is 2.02. The van der Waals surface area contributed by atoms with E-state index in [9.17, 15) is 18.5 Å². The van der Waals surface area contributed by atoms with Gasteiger partial charge >= 0.3 is 5.69 Å². The van der Waals surface area contributed by atoms with E-state index in [0.717, 1.165) is 0 Å². The van der Waals surface area contributed by atoms with Gasteiger partial charge in [-0.15, -0.1) is 0 Å². The van der Waals surface area contributed by atoms with Gasteiger partial charge in [-0.3, -0.25) is 10.1 Å². The first-order valence-corrected chi connectivity index (χ1v) is 7.31. The number of aromatic nitrogens is 1. The largest absolute Gasteiger partial charge is 0.363 e. The van der Waals surface area contributed by atoms with Crippen LogP contribution in [0.15, 0.2) is 12.1 Å². The third kappa shape index (κ3) is 4.11. The van der Waals surface area contributed by atoms with Crippen molar-refractivity contribution in [2.75, 3.05) is 23.4 Å². The lowest BCUT2D eigenvalue weighted by atomic mass is 10.4. The highest BCUT2D eigenvalue weighted by molar-refractivity contribution is 7.91. The van der Waals surface area contributed by atoms with Crippen molar-refractivity contribution >= 4 is 32.9 Å². The number of pyridine rings is 1. The number of nitrogens with zero attached hydrogens (tertiary/aromatic N) is 2. The Morgan fingerprint density at radius 3 is 2.72 bits per heavy atom. The first kappa shape index (κ1) is 14.7. The van der Waals surface area contributed by atoms with Crippen molar-refractivity contribution in [2.45, 2.75) is 6.92 Å². The molecular weight excluding hydrogens is 282 g/mol. The van der Waals surface area contributed by atoms with E-state index in [1.54, 1.807) is 0 Å². The molecule has 0 bridgehead atoms. The van der Waals surface area contributed by atoms with Crippen molar-refractivity contribution in [1.82, 2.24) is 4.98 Å². The normalized spacial score (nSPS) is 11.2. The van der Waals surface area contributed by atoms with Gasteiger partial charge in [-0.1, -0.05) is 18.5 Å².